The third kappa shape index (κ3) is 2.16. The number of anilines is 1. The van der Waals surface area contributed by atoms with Crippen LogP contribution in [0.2, 0.25) is 0 Å². The van der Waals surface area contributed by atoms with Crippen LogP contribution in [0, 0.1) is 0 Å². The van der Waals surface area contributed by atoms with E-state index in [1.54, 1.807) is 24.3 Å². The second-order valence-corrected chi connectivity index (χ2v) is 4.58. The van der Waals surface area contributed by atoms with Crippen molar-refractivity contribution < 1.29 is 19.5 Å². The topological polar surface area (TPSA) is 87.6 Å². The van der Waals surface area contributed by atoms with Crippen LogP contribution in [0.3, 0.4) is 0 Å². The van der Waals surface area contributed by atoms with Crippen LogP contribution in [0.4, 0.5) is 5.82 Å². The molecule has 1 aromatic heterocycles. The molecule has 2 aromatic rings. The molecule has 6 heteroatoms. The van der Waals surface area contributed by atoms with Crippen molar-refractivity contribution in [2.75, 3.05) is 4.90 Å². The number of carbonyl (C=O) groups is 3. The van der Waals surface area contributed by atoms with Crippen molar-refractivity contribution in [3.05, 3.63) is 59.3 Å². The van der Waals surface area contributed by atoms with Crippen molar-refractivity contribution in [2.24, 2.45) is 0 Å². The molecule has 1 aromatic carbocycles. The molecule has 1 aliphatic heterocycles. The van der Waals surface area contributed by atoms with E-state index < -0.39 is 17.8 Å². The Morgan fingerprint density at radius 2 is 1.71 bits per heavy atom. The molecule has 1 aliphatic rings. The van der Waals surface area contributed by atoms with Gasteiger partial charge in [0, 0.05) is 6.20 Å². The predicted molar refractivity (Wildman–Crippen MR) is 73.2 cm³/mol. The maximum absolute atomic E-state index is 12.3. The molecule has 0 saturated carbocycles. The van der Waals surface area contributed by atoms with E-state index in [4.69, 9.17) is 5.11 Å². The third-order valence-corrected chi connectivity index (χ3v) is 3.19. The molecule has 0 saturated heterocycles. The Labute approximate surface area is 119 Å². The first-order valence-corrected chi connectivity index (χ1v) is 6.22. The molecule has 104 valence electrons. The highest BCUT2D eigenvalue weighted by Crippen LogP contribution is 2.27. The van der Waals surface area contributed by atoms with Crippen molar-refractivity contribution in [3.8, 4) is 0 Å². The van der Waals surface area contributed by atoms with Crippen molar-refractivity contribution in [3.63, 3.8) is 0 Å². The van der Waals surface area contributed by atoms with Crippen LogP contribution in [0.15, 0.2) is 42.6 Å². The van der Waals surface area contributed by atoms with Crippen molar-refractivity contribution >= 4 is 23.6 Å². The van der Waals surface area contributed by atoms with Gasteiger partial charge in [0.25, 0.3) is 11.8 Å². The van der Waals surface area contributed by atoms with Gasteiger partial charge in [0.05, 0.1) is 17.5 Å². The highest BCUT2D eigenvalue weighted by Gasteiger charge is 2.37. The summed E-state index contributed by atoms with van der Waals surface area (Å²) in [6.45, 7) is 0. The maximum Gasteiger partial charge on any atom is 0.307 e. The number of rotatable bonds is 3. The van der Waals surface area contributed by atoms with Crippen LogP contribution in [0.1, 0.15) is 26.3 Å². The van der Waals surface area contributed by atoms with Gasteiger partial charge >= 0.3 is 5.97 Å². The van der Waals surface area contributed by atoms with Crippen LogP contribution in [-0.2, 0) is 11.2 Å². The quantitative estimate of drug-likeness (QED) is 0.862. The lowest BCUT2D eigenvalue weighted by molar-refractivity contribution is -0.136. The molecule has 0 spiro atoms. The van der Waals surface area contributed by atoms with Crippen molar-refractivity contribution in [1.29, 1.82) is 0 Å². The number of amides is 2. The van der Waals surface area contributed by atoms with Gasteiger partial charge in [-0.25, -0.2) is 9.88 Å². The van der Waals surface area contributed by atoms with Gasteiger partial charge in [-0.3, -0.25) is 14.4 Å². The summed E-state index contributed by atoms with van der Waals surface area (Å²) in [4.78, 5) is 40.3. The van der Waals surface area contributed by atoms with Crippen LogP contribution in [0.5, 0.6) is 0 Å². The second-order valence-electron chi connectivity index (χ2n) is 4.58. The number of carbonyl (C=O) groups excluding carboxylic acids is 2. The van der Waals surface area contributed by atoms with E-state index in [1.165, 1.54) is 18.3 Å². The summed E-state index contributed by atoms with van der Waals surface area (Å²) in [5.74, 6) is -1.75. The number of aliphatic carboxylic acids is 1. The maximum atomic E-state index is 12.3. The fraction of sp³-hybridized carbons (Fsp3) is 0.0667. The van der Waals surface area contributed by atoms with Gasteiger partial charge in [-0.15, -0.1) is 0 Å². The number of nitrogens with zero attached hydrogens (tertiary/aromatic N) is 2. The van der Waals surface area contributed by atoms with Gasteiger partial charge in [0.1, 0.15) is 5.82 Å². The van der Waals surface area contributed by atoms with Crippen LogP contribution < -0.4 is 4.90 Å². The number of aromatic nitrogens is 1. The number of hydrogen-bond acceptors (Lipinski definition) is 4. The molecule has 0 atom stereocenters. The van der Waals surface area contributed by atoms with E-state index in [2.05, 4.69) is 4.98 Å². The zero-order chi connectivity index (χ0) is 15.0. The summed E-state index contributed by atoms with van der Waals surface area (Å²) in [5, 5.41) is 8.80. The Bertz CT molecular complexity index is 735. The average molecular weight is 282 g/mol. The zero-order valence-electron chi connectivity index (χ0n) is 10.8. The average Bonchev–Trinajstić information content (AvgIpc) is 2.71. The first kappa shape index (κ1) is 13.0. The summed E-state index contributed by atoms with van der Waals surface area (Å²) in [7, 11) is 0. The predicted octanol–water partition coefficient (Wildman–Crippen LogP) is 1.51. The highest BCUT2D eigenvalue weighted by molar-refractivity contribution is 6.34. The summed E-state index contributed by atoms with van der Waals surface area (Å²) in [5.41, 5.74) is 1.13. The first-order chi connectivity index (χ1) is 10.1. The number of benzene rings is 1. The van der Waals surface area contributed by atoms with E-state index in [-0.39, 0.29) is 12.2 Å². The van der Waals surface area contributed by atoms with E-state index in [0.717, 1.165) is 4.90 Å². The molecule has 6 nitrogen and oxygen atoms in total. The standard InChI is InChI=1S/C15H10N2O4/c18-13(19)8-9-5-6-16-12(7-9)17-14(20)10-3-1-2-4-11(10)15(17)21/h1-7H,8H2,(H,18,19). The number of fused-ring (bicyclic) bond motifs is 1. The number of imide groups is 1. The lowest BCUT2D eigenvalue weighted by atomic mass is 10.1. The summed E-state index contributed by atoms with van der Waals surface area (Å²) >= 11 is 0. The normalized spacial score (nSPS) is 13.4. The SMILES string of the molecule is O=C(O)Cc1ccnc(N2C(=O)c3ccccc3C2=O)c1. The molecule has 0 bridgehead atoms. The Kier molecular flexibility index (Phi) is 2.98. The molecule has 0 aliphatic carbocycles. The number of pyridine rings is 1. The molecule has 3 rings (SSSR count). The molecule has 0 radical (unpaired) electrons. The lowest BCUT2D eigenvalue weighted by Crippen LogP contribution is -2.30. The van der Waals surface area contributed by atoms with Crippen LogP contribution in [0.25, 0.3) is 0 Å². The molecule has 0 fully saturated rings. The van der Waals surface area contributed by atoms with E-state index in [1.807, 2.05) is 0 Å². The van der Waals surface area contributed by atoms with Crippen LogP contribution >= 0.6 is 0 Å². The highest BCUT2D eigenvalue weighted by atomic mass is 16.4. The third-order valence-electron chi connectivity index (χ3n) is 3.19. The minimum atomic E-state index is -0.991. The zero-order valence-corrected chi connectivity index (χ0v) is 10.8. The summed E-state index contributed by atoms with van der Waals surface area (Å²) in [6.07, 6.45) is 1.19. The first-order valence-electron chi connectivity index (χ1n) is 6.22. The number of carboxylic acid groups (broad SMARTS) is 1. The van der Waals surface area contributed by atoms with Gasteiger partial charge in [-0.05, 0) is 29.8 Å². The fourth-order valence-electron chi connectivity index (χ4n) is 2.26. The van der Waals surface area contributed by atoms with Crippen LogP contribution in [-0.4, -0.2) is 27.9 Å². The summed E-state index contributed by atoms with van der Waals surface area (Å²) < 4.78 is 0. The van der Waals surface area contributed by atoms with Crippen molar-refractivity contribution in [2.45, 2.75) is 6.42 Å². The molecule has 1 N–H and O–H groups in total. The molecule has 21 heavy (non-hydrogen) atoms. The second kappa shape index (κ2) is 4.82. The molecular weight excluding hydrogens is 272 g/mol. The van der Waals surface area contributed by atoms with Gasteiger partial charge in [0.2, 0.25) is 0 Å². The van der Waals surface area contributed by atoms with Gasteiger partial charge in [0.15, 0.2) is 0 Å². The molecule has 2 heterocycles. The smallest absolute Gasteiger partial charge is 0.307 e. The molecule has 0 unspecified atom stereocenters. The minimum absolute atomic E-state index is 0.139. The van der Waals surface area contributed by atoms with E-state index in [9.17, 15) is 14.4 Å². The Morgan fingerprint density at radius 3 is 2.29 bits per heavy atom. The van der Waals surface area contributed by atoms with Gasteiger partial charge < -0.3 is 5.11 Å². The minimum Gasteiger partial charge on any atom is -0.481 e. The largest absolute Gasteiger partial charge is 0.481 e. The summed E-state index contributed by atoms with van der Waals surface area (Å²) in [6, 6.07) is 9.50. The van der Waals surface area contributed by atoms with E-state index >= 15 is 0 Å². The van der Waals surface area contributed by atoms with Gasteiger partial charge in [-0.1, -0.05) is 12.1 Å². The Morgan fingerprint density at radius 1 is 1.10 bits per heavy atom. The lowest BCUT2D eigenvalue weighted by Gasteiger charge is -2.13. The van der Waals surface area contributed by atoms with Gasteiger partial charge in [-0.2, -0.15) is 0 Å². The number of hydrogen-bond donors (Lipinski definition) is 1. The number of carboxylic acids is 1. The molecule has 2 amide bonds. The van der Waals surface area contributed by atoms with Crippen molar-refractivity contribution in [1.82, 2.24) is 4.98 Å². The Hall–Kier alpha value is -3.02. The Balaban J connectivity index is 2.01. The monoisotopic (exact) mass is 282 g/mol. The fourth-order valence-corrected chi connectivity index (χ4v) is 2.26. The molecular formula is C15H10N2O4. The van der Waals surface area contributed by atoms with E-state index in [0.29, 0.717) is 16.7 Å².